The van der Waals surface area contributed by atoms with Gasteiger partial charge in [0.1, 0.15) is 11.6 Å². The predicted octanol–water partition coefficient (Wildman–Crippen LogP) is 2.24. The summed E-state index contributed by atoms with van der Waals surface area (Å²) in [5.41, 5.74) is 0.171. The van der Waals surface area contributed by atoms with Crippen LogP contribution >= 0.6 is 0 Å². The standard InChI is InChI=1S/C18H12FN3O5S/c1-28(25,26)14-8-3-11(4-9-14)2-5-12-6-7-13(10-15(12)19)27-17-16(18(23)24)20-22-21-17/h3-4,6-10H,1H3,(H,23,24)(H,20,21,22). The van der Waals surface area contributed by atoms with Gasteiger partial charge in [-0.05, 0) is 36.4 Å². The molecule has 8 nitrogen and oxygen atoms in total. The van der Waals surface area contributed by atoms with Gasteiger partial charge in [-0.1, -0.05) is 17.1 Å². The van der Waals surface area contributed by atoms with Crippen molar-refractivity contribution >= 4 is 15.8 Å². The molecule has 0 aliphatic rings. The minimum absolute atomic E-state index is 0.0362. The van der Waals surface area contributed by atoms with Crippen LogP contribution in [0.5, 0.6) is 11.6 Å². The number of hydrogen-bond donors (Lipinski definition) is 2. The minimum atomic E-state index is -3.30. The first kappa shape index (κ1) is 19.1. The molecule has 10 heteroatoms. The number of carboxylic acid groups (broad SMARTS) is 1. The molecular formula is C18H12FN3O5S. The highest BCUT2D eigenvalue weighted by molar-refractivity contribution is 7.90. The van der Waals surface area contributed by atoms with E-state index in [2.05, 4.69) is 27.3 Å². The number of halogens is 1. The Labute approximate surface area is 158 Å². The van der Waals surface area contributed by atoms with E-state index in [1.807, 2.05) is 0 Å². The van der Waals surface area contributed by atoms with Crippen LogP contribution in [0, 0.1) is 17.7 Å². The fourth-order valence-corrected chi connectivity index (χ4v) is 2.76. The molecule has 0 amide bonds. The van der Waals surface area contributed by atoms with Gasteiger partial charge in [0.15, 0.2) is 9.84 Å². The van der Waals surface area contributed by atoms with Crippen molar-refractivity contribution in [1.29, 1.82) is 0 Å². The molecule has 0 atom stereocenters. The number of aromatic amines is 1. The zero-order valence-corrected chi connectivity index (χ0v) is 15.1. The largest absolute Gasteiger partial charge is 0.476 e. The summed E-state index contributed by atoms with van der Waals surface area (Å²) in [5.74, 6) is 3.18. The number of benzene rings is 2. The van der Waals surface area contributed by atoms with Crippen molar-refractivity contribution in [3.8, 4) is 23.5 Å². The number of aromatic carboxylic acids is 1. The maximum atomic E-state index is 14.2. The monoisotopic (exact) mass is 401 g/mol. The molecule has 3 aromatic rings. The van der Waals surface area contributed by atoms with Gasteiger partial charge in [-0.15, -0.1) is 5.10 Å². The number of rotatable bonds is 4. The molecular weight excluding hydrogens is 389 g/mol. The van der Waals surface area contributed by atoms with E-state index in [4.69, 9.17) is 9.84 Å². The number of hydrogen-bond acceptors (Lipinski definition) is 6. The van der Waals surface area contributed by atoms with E-state index in [1.165, 1.54) is 36.4 Å². The van der Waals surface area contributed by atoms with Gasteiger partial charge in [0, 0.05) is 17.9 Å². The van der Waals surface area contributed by atoms with Crippen LogP contribution in [-0.2, 0) is 9.84 Å². The smallest absolute Gasteiger partial charge is 0.362 e. The van der Waals surface area contributed by atoms with Gasteiger partial charge in [-0.25, -0.2) is 22.7 Å². The van der Waals surface area contributed by atoms with Crippen LogP contribution in [0.2, 0.25) is 0 Å². The lowest BCUT2D eigenvalue weighted by molar-refractivity contribution is 0.0687. The highest BCUT2D eigenvalue weighted by atomic mass is 32.2. The first-order valence-electron chi connectivity index (χ1n) is 7.68. The summed E-state index contributed by atoms with van der Waals surface area (Å²) in [6.45, 7) is 0. The maximum absolute atomic E-state index is 14.2. The first-order valence-corrected chi connectivity index (χ1v) is 9.57. The van der Waals surface area contributed by atoms with Crippen molar-refractivity contribution in [3.05, 3.63) is 65.1 Å². The van der Waals surface area contributed by atoms with Gasteiger partial charge in [-0.3, -0.25) is 0 Å². The third kappa shape index (κ3) is 4.33. The summed E-state index contributed by atoms with van der Waals surface area (Å²) >= 11 is 0. The van der Waals surface area contributed by atoms with Crippen molar-refractivity contribution in [3.63, 3.8) is 0 Å². The van der Waals surface area contributed by atoms with Gasteiger partial charge in [0.2, 0.25) is 5.69 Å². The predicted molar refractivity (Wildman–Crippen MR) is 95.3 cm³/mol. The van der Waals surface area contributed by atoms with Crippen molar-refractivity contribution in [1.82, 2.24) is 15.4 Å². The molecule has 142 valence electrons. The Morgan fingerprint density at radius 2 is 1.89 bits per heavy atom. The molecule has 3 rings (SSSR count). The van der Waals surface area contributed by atoms with Crippen LogP contribution in [0.4, 0.5) is 4.39 Å². The number of carbonyl (C=O) groups is 1. The van der Waals surface area contributed by atoms with Crippen molar-refractivity contribution < 1.29 is 27.4 Å². The quantitative estimate of drug-likeness (QED) is 0.643. The molecule has 28 heavy (non-hydrogen) atoms. The number of ether oxygens (including phenoxy) is 1. The van der Waals surface area contributed by atoms with Gasteiger partial charge in [0.25, 0.3) is 5.88 Å². The van der Waals surface area contributed by atoms with Crippen molar-refractivity contribution in [2.45, 2.75) is 4.90 Å². The number of sulfone groups is 1. The lowest BCUT2D eigenvalue weighted by Gasteiger charge is -2.04. The van der Waals surface area contributed by atoms with Crippen LogP contribution in [0.25, 0.3) is 0 Å². The molecule has 0 saturated heterocycles. The molecule has 0 saturated carbocycles. The third-order valence-corrected chi connectivity index (χ3v) is 4.63. The van der Waals surface area contributed by atoms with Gasteiger partial charge in [0.05, 0.1) is 10.5 Å². The van der Waals surface area contributed by atoms with E-state index < -0.39 is 27.3 Å². The molecule has 2 N–H and O–H groups in total. The Bertz CT molecular complexity index is 1210. The average molecular weight is 401 g/mol. The molecule has 0 fully saturated rings. The van der Waals surface area contributed by atoms with Gasteiger partial charge in [-0.2, -0.15) is 0 Å². The molecule has 0 aliphatic heterocycles. The number of nitrogens with one attached hydrogen (secondary N) is 1. The van der Waals surface area contributed by atoms with Crippen LogP contribution in [-0.4, -0.2) is 41.2 Å². The number of H-pyrrole nitrogens is 1. The summed E-state index contributed by atoms with van der Waals surface area (Å²) in [7, 11) is -3.30. The van der Waals surface area contributed by atoms with Crippen LogP contribution < -0.4 is 4.74 Å². The summed E-state index contributed by atoms with van der Waals surface area (Å²) in [6.07, 6.45) is 1.10. The molecule has 0 bridgehead atoms. The van der Waals surface area contributed by atoms with Crippen molar-refractivity contribution in [2.24, 2.45) is 0 Å². The average Bonchev–Trinajstić information content (AvgIpc) is 3.09. The highest BCUT2D eigenvalue weighted by Crippen LogP contribution is 2.23. The highest BCUT2D eigenvalue weighted by Gasteiger charge is 2.17. The number of nitrogens with zero attached hydrogens (tertiary/aromatic N) is 2. The fraction of sp³-hybridized carbons (Fsp3) is 0.0556. The van der Waals surface area contributed by atoms with E-state index in [0.29, 0.717) is 5.56 Å². The Morgan fingerprint density at radius 1 is 1.18 bits per heavy atom. The summed E-state index contributed by atoms with van der Waals surface area (Å²) in [4.78, 5) is 11.1. The van der Waals surface area contributed by atoms with Crippen LogP contribution in [0.15, 0.2) is 47.4 Å². The molecule has 2 aromatic carbocycles. The second-order valence-electron chi connectivity index (χ2n) is 5.58. The van der Waals surface area contributed by atoms with Crippen LogP contribution in [0.1, 0.15) is 21.6 Å². The minimum Gasteiger partial charge on any atom is -0.476 e. The molecule has 1 heterocycles. The van der Waals surface area contributed by atoms with E-state index in [0.717, 1.165) is 12.3 Å². The zero-order chi connectivity index (χ0) is 20.3. The molecule has 0 radical (unpaired) electrons. The van der Waals surface area contributed by atoms with E-state index in [-0.39, 0.29) is 22.1 Å². The Hall–Kier alpha value is -3.71. The molecule has 0 unspecified atom stereocenters. The Morgan fingerprint density at radius 3 is 2.50 bits per heavy atom. The topological polar surface area (TPSA) is 122 Å². The molecule has 1 aromatic heterocycles. The van der Waals surface area contributed by atoms with Crippen molar-refractivity contribution in [2.75, 3.05) is 6.26 Å². The van der Waals surface area contributed by atoms with E-state index in [9.17, 15) is 17.6 Å². The zero-order valence-electron chi connectivity index (χ0n) is 14.3. The Kier molecular flexibility index (Phi) is 5.10. The second-order valence-corrected chi connectivity index (χ2v) is 7.60. The second kappa shape index (κ2) is 7.50. The number of carboxylic acids is 1. The van der Waals surface area contributed by atoms with Gasteiger partial charge >= 0.3 is 5.97 Å². The van der Waals surface area contributed by atoms with E-state index >= 15 is 0 Å². The van der Waals surface area contributed by atoms with E-state index in [1.54, 1.807) is 0 Å². The Balaban J connectivity index is 1.79. The molecule has 0 spiro atoms. The molecule has 0 aliphatic carbocycles. The fourth-order valence-electron chi connectivity index (χ4n) is 2.13. The summed E-state index contributed by atoms with van der Waals surface area (Å²) in [6, 6.07) is 9.72. The lowest BCUT2D eigenvalue weighted by atomic mass is 10.1. The normalized spacial score (nSPS) is 10.8. The first-order chi connectivity index (χ1) is 13.2. The number of aromatic nitrogens is 3. The SMILES string of the molecule is CS(=O)(=O)c1ccc(C#Cc2ccc(Oc3[nH]nnc3C(=O)O)cc2F)cc1. The summed E-state index contributed by atoms with van der Waals surface area (Å²) < 4.78 is 42.4. The van der Waals surface area contributed by atoms with Gasteiger partial charge < -0.3 is 9.84 Å². The third-order valence-electron chi connectivity index (χ3n) is 3.50. The lowest BCUT2D eigenvalue weighted by Crippen LogP contribution is -2.00. The summed E-state index contributed by atoms with van der Waals surface area (Å²) in [5, 5.41) is 17.9. The maximum Gasteiger partial charge on any atom is 0.362 e. The van der Waals surface area contributed by atoms with Crippen LogP contribution in [0.3, 0.4) is 0 Å².